The maximum absolute atomic E-state index is 11.4. The van der Waals surface area contributed by atoms with E-state index in [0.717, 1.165) is 17.9 Å². The smallest absolute Gasteiger partial charge is 0.150 e. The molecule has 1 saturated heterocycles. The fourth-order valence-electron chi connectivity index (χ4n) is 1.58. The molecule has 84 valence electrons. The van der Waals surface area contributed by atoms with Gasteiger partial charge in [-0.05, 0) is 24.5 Å². The summed E-state index contributed by atoms with van der Waals surface area (Å²) in [6, 6.07) is 0. The van der Waals surface area contributed by atoms with Gasteiger partial charge >= 0.3 is 0 Å². The Morgan fingerprint density at radius 2 is 2.07 bits per heavy atom. The van der Waals surface area contributed by atoms with E-state index < -0.39 is 9.84 Å². The van der Waals surface area contributed by atoms with Crippen molar-refractivity contribution in [2.75, 3.05) is 23.0 Å². The van der Waals surface area contributed by atoms with Crippen LogP contribution in [-0.2, 0) is 9.84 Å². The maximum Gasteiger partial charge on any atom is 0.150 e. The van der Waals surface area contributed by atoms with Crippen molar-refractivity contribution in [3.8, 4) is 0 Å². The van der Waals surface area contributed by atoms with Gasteiger partial charge in [0.15, 0.2) is 0 Å². The predicted octanol–water partition coefficient (Wildman–Crippen LogP) is 2.17. The minimum Gasteiger partial charge on any atom is -0.229 e. The summed E-state index contributed by atoms with van der Waals surface area (Å²) in [6.45, 7) is 1.90. The Kier molecular flexibility index (Phi) is 5.08. The summed E-state index contributed by atoms with van der Waals surface area (Å²) in [5, 5.41) is 0.178. The lowest BCUT2D eigenvalue weighted by Crippen LogP contribution is -2.18. The van der Waals surface area contributed by atoms with Crippen molar-refractivity contribution < 1.29 is 8.42 Å². The van der Waals surface area contributed by atoms with Crippen LogP contribution in [-0.4, -0.2) is 36.8 Å². The van der Waals surface area contributed by atoms with Gasteiger partial charge in [-0.3, -0.25) is 0 Å². The summed E-state index contributed by atoms with van der Waals surface area (Å²) in [4.78, 5) is 0. The minimum absolute atomic E-state index is 0.178. The van der Waals surface area contributed by atoms with E-state index in [4.69, 9.17) is 11.6 Å². The first-order chi connectivity index (χ1) is 6.55. The molecule has 0 radical (unpaired) electrons. The lowest BCUT2D eigenvalue weighted by Gasteiger charge is -2.11. The molecule has 0 aromatic heterocycles. The fraction of sp³-hybridized carbons (Fsp3) is 1.00. The lowest BCUT2D eigenvalue weighted by molar-refractivity contribution is 0.558. The van der Waals surface area contributed by atoms with Crippen molar-refractivity contribution >= 4 is 33.2 Å². The van der Waals surface area contributed by atoms with Gasteiger partial charge in [0.25, 0.3) is 0 Å². The predicted molar refractivity (Wildman–Crippen MR) is 64.0 cm³/mol. The van der Waals surface area contributed by atoms with E-state index in [0.29, 0.717) is 23.8 Å². The van der Waals surface area contributed by atoms with Crippen LogP contribution in [0, 0.1) is 5.92 Å². The van der Waals surface area contributed by atoms with Gasteiger partial charge in [0, 0.05) is 16.9 Å². The molecule has 1 aliphatic rings. The number of hydrogen-bond donors (Lipinski definition) is 0. The molecule has 14 heavy (non-hydrogen) atoms. The Morgan fingerprint density at radius 1 is 1.36 bits per heavy atom. The zero-order valence-electron chi connectivity index (χ0n) is 8.41. The summed E-state index contributed by atoms with van der Waals surface area (Å²) < 4.78 is 22.9. The average Bonchev–Trinajstić information content (AvgIpc) is 2.48. The van der Waals surface area contributed by atoms with Crippen LogP contribution in [0.4, 0.5) is 0 Å². The Balaban J connectivity index is 2.32. The Hall–Kier alpha value is 0.590. The zero-order valence-corrected chi connectivity index (χ0v) is 10.8. The van der Waals surface area contributed by atoms with Gasteiger partial charge in [-0.25, -0.2) is 8.42 Å². The van der Waals surface area contributed by atoms with Crippen LogP contribution in [0.1, 0.15) is 19.8 Å². The molecular formula is C9H17ClO2S2. The van der Waals surface area contributed by atoms with E-state index in [1.807, 2.05) is 18.7 Å². The van der Waals surface area contributed by atoms with E-state index in [1.54, 1.807) is 0 Å². The Labute approximate surface area is 95.7 Å². The van der Waals surface area contributed by atoms with Crippen LogP contribution in [0.5, 0.6) is 0 Å². The van der Waals surface area contributed by atoms with E-state index in [9.17, 15) is 8.42 Å². The topological polar surface area (TPSA) is 34.1 Å². The van der Waals surface area contributed by atoms with Gasteiger partial charge in [-0.2, -0.15) is 11.8 Å². The molecule has 0 spiro atoms. The zero-order chi connectivity index (χ0) is 10.6. The third kappa shape index (κ3) is 3.99. The van der Waals surface area contributed by atoms with Gasteiger partial charge in [-0.1, -0.05) is 6.92 Å². The minimum atomic E-state index is -2.81. The second-order valence-electron chi connectivity index (χ2n) is 3.75. The van der Waals surface area contributed by atoms with Gasteiger partial charge in [-0.15, -0.1) is 11.6 Å². The van der Waals surface area contributed by atoms with Crippen LogP contribution in [0.15, 0.2) is 0 Å². The van der Waals surface area contributed by atoms with Crippen molar-refractivity contribution in [1.29, 1.82) is 0 Å². The molecule has 0 saturated carbocycles. The normalized spacial score (nSPS) is 28.1. The first-order valence-electron chi connectivity index (χ1n) is 4.97. The van der Waals surface area contributed by atoms with E-state index in [1.165, 1.54) is 0 Å². The first-order valence-corrected chi connectivity index (χ1v) is 8.38. The van der Waals surface area contributed by atoms with Crippen molar-refractivity contribution in [3.63, 3.8) is 0 Å². The van der Waals surface area contributed by atoms with Crippen molar-refractivity contribution in [3.05, 3.63) is 0 Å². The summed E-state index contributed by atoms with van der Waals surface area (Å²) >= 11 is 7.90. The summed E-state index contributed by atoms with van der Waals surface area (Å²) in [6.07, 6.45) is 1.45. The van der Waals surface area contributed by atoms with Gasteiger partial charge in [0.2, 0.25) is 0 Å². The molecule has 1 aliphatic heterocycles. The summed E-state index contributed by atoms with van der Waals surface area (Å²) in [5.41, 5.74) is 0. The van der Waals surface area contributed by atoms with Gasteiger partial charge in [0.05, 0.1) is 5.75 Å². The SMILES string of the molecule is CCCS(=O)(=O)CCC1CSCC1Cl. The Bertz CT molecular complexity index is 264. The fourth-order valence-corrected chi connectivity index (χ4v) is 4.99. The molecule has 1 rings (SSSR count). The van der Waals surface area contributed by atoms with E-state index >= 15 is 0 Å². The third-order valence-corrected chi connectivity index (χ3v) is 6.28. The number of hydrogen-bond acceptors (Lipinski definition) is 3. The molecule has 1 fully saturated rings. The third-order valence-electron chi connectivity index (χ3n) is 2.44. The largest absolute Gasteiger partial charge is 0.229 e. The number of sulfone groups is 1. The second-order valence-corrected chi connectivity index (χ2v) is 7.69. The average molecular weight is 257 g/mol. The molecule has 2 nitrogen and oxygen atoms in total. The van der Waals surface area contributed by atoms with Gasteiger partial charge in [0.1, 0.15) is 9.84 Å². The number of halogens is 1. The van der Waals surface area contributed by atoms with Crippen molar-refractivity contribution in [2.24, 2.45) is 5.92 Å². The van der Waals surface area contributed by atoms with E-state index in [2.05, 4.69) is 0 Å². The molecular weight excluding hydrogens is 240 g/mol. The van der Waals surface area contributed by atoms with Crippen LogP contribution < -0.4 is 0 Å². The van der Waals surface area contributed by atoms with Crippen molar-refractivity contribution in [2.45, 2.75) is 25.1 Å². The molecule has 0 aromatic rings. The first kappa shape index (κ1) is 12.7. The Morgan fingerprint density at radius 3 is 2.57 bits per heavy atom. The molecule has 0 amide bonds. The van der Waals surface area contributed by atoms with E-state index in [-0.39, 0.29) is 5.38 Å². The monoisotopic (exact) mass is 256 g/mol. The van der Waals surface area contributed by atoms with Crippen LogP contribution in [0.3, 0.4) is 0 Å². The van der Waals surface area contributed by atoms with Crippen LogP contribution in [0.2, 0.25) is 0 Å². The van der Waals surface area contributed by atoms with Crippen molar-refractivity contribution in [1.82, 2.24) is 0 Å². The molecule has 1 heterocycles. The number of alkyl halides is 1. The standard InChI is InChI=1S/C9H17ClO2S2/c1-2-4-14(11,12)5-3-8-6-13-7-9(8)10/h8-9H,2-7H2,1H3. The highest BCUT2D eigenvalue weighted by Gasteiger charge is 2.26. The van der Waals surface area contributed by atoms with Crippen LogP contribution in [0.25, 0.3) is 0 Å². The van der Waals surface area contributed by atoms with Gasteiger partial charge < -0.3 is 0 Å². The lowest BCUT2D eigenvalue weighted by atomic mass is 10.1. The molecule has 2 atom stereocenters. The highest BCUT2D eigenvalue weighted by atomic mass is 35.5. The summed E-state index contributed by atoms with van der Waals surface area (Å²) in [7, 11) is -2.81. The number of thioether (sulfide) groups is 1. The highest BCUT2D eigenvalue weighted by Crippen LogP contribution is 2.31. The molecule has 2 unspecified atom stereocenters. The second kappa shape index (κ2) is 5.61. The number of rotatable bonds is 5. The van der Waals surface area contributed by atoms with Crippen LogP contribution >= 0.6 is 23.4 Å². The molecule has 0 aromatic carbocycles. The quantitative estimate of drug-likeness (QED) is 0.707. The molecule has 0 aliphatic carbocycles. The summed E-state index contributed by atoms with van der Waals surface area (Å²) in [5.74, 6) is 3.03. The maximum atomic E-state index is 11.4. The molecule has 5 heteroatoms. The molecule has 0 N–H and O–H groups in total. The highest BCUT2D eigenvalue weighted by molar-refractivity contribution is 7.99. The molecule has 0 bridgehead atoms.